The van der Waals surface area contributed by atoms with Crippen LogP contribution in [0, 0.1) is 0 Å². The van der Waals surface area contributed by atoms with E-state index in [0.717, 1.165) is 17.6 Å². The van der Waals surface area contributed by atoms with Crippen LogP contribution in [-0.4, -0.2) is 14.8 Å². The Bertz CT molecular complexity index is 558. The molecule has 0 saturated heterocycles. The minimum atomic E-state index is 0.770. The minimum absolute atomic E-state index is 0.770. The van der Waals surface area contributed by atoms with E-state index in [-0.39, 0.29) is 0 Å². The van der Waals surface area contributed by atoms with Crippen molar-refractivity contribution in [3.05, 3.63) is 42.5 Å². The van der Waals surface area contributed by atoms with Gasteiger partial charge in [-0.15, -0.1) is 11.8 Å². The Morgan fingerprint density at radius 2 is 2.10 bits per heavy atom. The van der Waals surface area contributed by atoms with Crippen molar-refractivity contribution < 1.29 is 0 Å². The average Bonchev–Trinajstić information content (AvgIpc) is 3.10. The van der Waals surface area contributed by atoms with Gasteiger partial charge in [0.15, 0.2) is 0 Å². The molecule has 0 unspecified atom stereocenters. The van der Waals surface area contributed by atoms with Gasteiger partial charge in [-0.25, -0.2) is 4.98 Å². The van der Waals surface area contributed by atoms with Crippen LogP contribution in [0.2, 0.25) is 0 Å². The maximum atomic E-state index is 4.36. The maximum absolute atomic E-state index is 4.36. The molecule has 1 aromatic carbocycles. The van der Waals surface area contributed by atoms with Crippen molar-refractivity contribution in [1.29, 1.82) is 0 Å². The molecule has 0 amide bonds. The van der Waals surface area contributed by atoms with Gasteiger partial charge in [0.1, 0.15) is 5.82 Å². The van der Waals surface area contributed by atoms with Crippen molar-refractivity contribution in [2.45, 2.75) is 42.4 Å². The number of anilines is 1. The van der Waals surface area contributed by atoms with E-state index in [1.165, 1.54) is 36.3 Å². The van der Waals surface area contributed by atoms with Crippen LogP contribution in [0.5, 0.6) is 0 Å². The first-order chi connectivity index (χ1) is 9.83. The van der Waals surface area contributed by atoms with Crippen LogP contribution in [-0.2, 0) is 13.6 Å². The van der Waals surface area contributed by atoms with Crippen LogP contribution in [0.25, 0.3) is 0 Å². The molecule has 3 nitrogen and oxygen atoms in total. The molecule has 1 aliphatic carbocycles. The number of nitrogens with one attached hydrogen (secondary N) is 1. The first-order valence-electron chi connectivity index (χ1n) is 7.28. The smallest absolute Gasteiger partial charge is 0.127 e. The van der Waals surface area contributed by atoms with Gasteiger partial charge in [0.25, 0.3) is 0 Å². The van der Waals surface area contributed by atoms with Crippen molar-refractivity contribution in [3.8, 4) is 0 Å². The van der Waals surface area contributed by atoms with E-state index in [2.05, 4.69) is 39.1 Å². The summed E-state index contributed by atoms with van der Waals surface area (Å²) in [5.41, 5.74) is 1.23. The quantitative estimate of drug-likeness (QED) is 0.899. The molecule has 4 heteroatoms. The predicted octanol–water partition coefficient (Wildman–Crippen LogP) is 4.07. The number of imidazole rings is 1. The van der Waals surface area contributed by atoms with E-state index in [4.69, 9.17) is 0 Å². The highest BCUT2D eigenvalue weighted by molar-refractivity contribution is 8.00. The average molecular weight is 287 g/mol. The first-order valence-corrected chi connectivity index (χ1v) is 8.16. The number of hydrogen-bond acceptors (Lipinski definition) is 3. The van der Waals surface area contributed by atoms with Gasteiger partial charge in [-0.05, 0) is 25.0 Å². The van der Waals surface area contributed by atoms with E-state index >= 15 is 0 Å². The van der Waals surface area contributed by atoms with Crippen LogP contribution >= 0.6 is 11.8 Å². The van der Waals surface area contributed by atoms with Crippen LogP contribution in [0.1, 0.15) is 31.5 Å². The SMILES string of the molecule is Cn1ccnc1CNc1ccccc1SC1CCCC1. The van der Waals surface area contributed by atoms with Gasteiger partial charge in [0.2, 0.25) is 0 Å². The Balaban J connectivity index is 1.67. The molecule has 1 fully saturated rings. The zero-order valence-electron chi connectivity index (χ0n) is 11.9. The second-order valence-corrected chi connectivity index (χ2v) is 6.67. The van der Waals surface area contributed by atoms with E-state index < -0.39 is 0 Å². The summed E-state index contributed by atoms with van der Waals surface area (Å²) in [5, 5.41) is 4.32. The molecular formula is C16H21N3S. The summed E-state index contributed by atoms with van der Waals surface area (Å²) in [6, 6.07) is 8.62. The van der Waals surface area contributed by atoms with Gasteiger partial charge < -0.3 is 9.88 Å². The van der Waals surface area contributed by atoms with Crippen LogP contribution in [0.4, 0.5) is 5.69 Å². The standard InChI is InChI=1S/C16H21N3S/c1-19-11-10-17-16(19)12-18-14-8-4-5-9-15(14)20-13-6-2-3-7-13/h4-5,8-11,13,18H,2-3,6-7,12H2,1H3. The van der Waals surface area contributed by atoms with E-state index in [1.807, 2.05) is 31.2 Å². The number of thioether (sulfide) groups is 1. The molecule has 106 valence electrons. The van der Waals surface area contributed by atoms with Crippen molar-refractivity contribution in [1.82, 2.24) is 9.55 Å². The third-order valence-corrected chi connectivity index (χ3v) is 5.26. The molecule has 0 radical (unpaired) electrons. The molecule has 1 saturated carbocycles. The Morgan fingerprint density at radius 3 is 2.85 bits per heavy atom. The lowest BCUT2D eigenvalue weighted by atomic mass is 10.3. The van der Waals surface area contributed by atoms with Crippen molar-refractivity contribution >= 4 is 17.4 Å². The molecule has 20 heavy (non-hydrogen) atoms. The van der Waals surface area contributed by atoms with Gasteiger partial charge in [0.05, 0.1) is 6.54 Å². The molecular weight excluding hydrogens is 266 g/mol. The summed E-state index contributed by atoms with van der Waals surface area (Å²) < 4.78 is 2.06. The van der Waals surface area contributed by atoms with Crippen LogP contribution < -0.4 is 5.32 Å². The Hall–Kier alpha value is -1.42. The first kappa shape index (κ1) is 13.6. The van der Waals surface area contributed by atoms with E-state index in [0.29, 0.717) is 0 Å². The minimum Gasteiger partial charge on any atom is -0.377 e. The predicted molar refractivity (Wildman–Crippen MR) is 85.1 cm³/mol. The van der Waals surface area contributed by atoms with Gasteiger partial charge in [-0.2, -0.15) is 0 Å². The molecule has 0 atom stereocenters. The van der Waals surface area contributed by atoms with Gasteiger partial charge in [-0.1, -0.05) is 25.0 Å². The second-order valence-electron chi connectivity index (χ2n) is 5.33. The lowest BCUT2D eigenvalue weighted by molar-refractivity contribution is 0.811. The zero-order chi connectivity index (χ0) is 13.8. The van der Waals surface area contributed by atoms with Crippen LogP contribution in [0.15, 0.2) is 41.6 Å². The molecule has 2 aromatic rings. The fraction of sp³-hybridized carbons (Fsp3) is 0.438. The summed E-state index contributed by atoms with van der Waals surface area (Å²) in [5.74, 6) is 1.06. The highest BCUT2D eigenvalue weighted by Crippen LogP contribution is 2.38. The topological polar surface area (TPSA) is 29.9 Å². The van der Waals surface area contributed by atoms with E-state index in [9.17, 15) is 0 Å². The summed E-state index contributed by atoms with van der Waals surface area (Å²) in [6.07, 6.45) is 9.32. The maximum Gasteiger partial charge on any atom is 0.127 e. The lowest BCUT2D eigenvalue weighted by Gasteiger charge is -2.14. The zero-order valence-corrected chi connectivity index (χ0v) is 12.7. The monoisotopic (exact) mass is 287 g/mol. The molecule has 0 spiro atoms. The lowest BCUT2D eigenvalue weighted by Crippen LogP contribution is -2.06. The number of hydrogen-bond donors (Lipinski definition) is 1. The van der Waals surface area contributed by atoms with Gasteiger partial charge in [-0.3, -0.25) is 0 Å². The Morgan fingerprint density at radius 1 is 1.30 bits per heavy atom. The Kier molecular flexibility index (Phi) is 4.31. The Labute approximate surface area is 124 Å². The summed E-state index contributed by atoms with van der Waals surface area (Å²) >= 11 is 2.03. The highest BCUT2D eigenvalue weighted by Gasteiger charge is 2.17. The molecule has 1 aromatic heterocycles. The van der Waals surface area contributed by atoms with Crippen molar-refractivity contribution in [3.63, 3.8) is 0 Å². The number of aromatic nitrogens is 2. The molecule has 1 aliphatic rings. The van der Waals surface area contributed by atoms with Crippen LogP contribution in [0.3, 0.4) is 0 Å². The number of para-hydroxylation sites is 1. The second kappa shape index (κ2) is 6.35. The number of benzene rings is 1. The van der Waals surface area contributed by atoms with Crippen molar-refractivity contribution in [2.24, 2.45) is 7.05 Å². The number of aryl methyl sites for hydroxylation is 1. The molecule has 3 rings (SSSR count). The molecule has 0 bridgehead atoms. The molecule has 0 aliphatic heterocycles. The molecule has 1 heterocycles. The summed E-state index contributed by atoms with van der Waals surface area (Å²) in [7, 11) is 2.03. The fourth-order valence-corrected chi connectivity index (χ4v) is 3.99. The third kappa shape index (κ3) is 3.18. The fourth-order valence-electron chi connectivity index (χ4n) is 2.64. The summed E-state index contributed by atoms with van der Waals surface area (Å²) in [6.45, 7) is 0.770. The third-order valence-electron chi connectivity index (χ3n) is 3.84. The largest absolute Gasteiger partial charge is 0.377 e. The summed E-state index contributed by atoms with van der Waals surface area (Å²) in [4.78, 5) is 5.73. The number of rotatable bonds is 5. The highest BCUT2D eigenvalue weighted by atomic mass is 32.2. The number of nitrogens with zero attached hydrogens (tertiary/aromatic N) is 2. The van der Waals surface area contributed by atoms with Gasteiger partial charge >= 0.3 is 0 Å². The normalized spacial score (nSPS) is 15.7. The van der Waals surface area contributed by atoms with E-state index in [1.54, 1.807) is 0 Å². The van der Waals surface area contributed by atoms with Gasteiger partial charge in [0, 0.05) is 35.3 Å². The van der Waals surface area contributed by atoms with Crippen molar-refractivity contribution in [2.75, 3.05) is 5.32 Å². The molecule has 1 N–H and O–H groups in total.